The third-order valence-corrected chi connectivity index (χ3v) is 5.28. The van der Waals surface area contributed by atoms with Gasteiger partial charge in [-0.15, -0.1) is 11.8 Å². The molecule has 0 aliphatic carbocycles. The Morgan fingerprint density at radius 2 is 2.10 bits per heavy atom. The van der Waals surface area contributed by atoms with E-state index >= 15 is 0 Å². The average molecular weight is 299 g/mol. The first-order chi connectivity index (χ1) is 10.3. The van der Waals surface area contributed by atoms with Crippen LogP contribution >= 0.6 is 11.8 Å². The van der Waals surface area contributed by atoms with E-state index in [4.69, 9.17) is 4.74 Å². The van der Waals surface area contributed by atoms with Crippen LogP contribution in [0.4, 0.5) is 0 Å². The van der Waals surface area contributed by atoms with Crippen LogP contribution in [0.15, 0.2) is 53.4 Å². The van der Waals surface area contributed by atoms with Gasteiger partial charge in [-0.3, -0.25) is 0 Å². The number of rotatable bonds is 5. The number of fused-ring (bicyclic) bond motifs is 1. The van der Waals surface area contributed by atoms with Crippen LogP contribution in [0.2, 0.25) is 0 Å². The molecule has 110 valence electrons. The molecule has 0 bridgehead atoms. The largest absolute Gasteiger partial charge is 0.497 e. The van der Waals surface area contributed by atoms with Gasteiger partial charge in [-0.05, 0) is 42.7 Å². The second kappa shape index (κ2) is 6.54. The van der Waals surface area contributed by atoms with E-state index < -0.39 is 0 Å². The number of nitrogens with one attached hydrogen (secondary N) is 1. The van der Waals surface area contributed by atoms with Crippen LogP contribution in [-0.2, 0) is 6.42 Å². The van der Waals surface area contributed by atoms with Crippen LogP contribution in [0.25, 0.3) is 0 Å². The average Bonchev–Trinajstić information content (AvgIpc) is 2.95. The van der Waals surface area contributed by atoms with Gasteiger partial charge in [0.15, 0.2) is 0 Å². The van der Waals surface area contributed by atoms with E-state index in [1.54, 1.807) is 7.11 Å². The number of thioether (sulfide) groups is 1. The maximum absolute atomic E-state index is 5.29. The Hall–Kier alpha value is -1.45. The van der Waals surface area contributed by atoms with Gasteiger partial charge in [0.1, 0.15) is 5.75 Å². The minimum Gasteiger partial charge on any atom is -0.497 e. The third-order valence-electron chi connectivity index (χ3n) is 3.96. The lowest BCUT2D eigenvalue weighted by Gasteiger charge is -2.17. The molecule has 0 saturated heterocycles. The molecule has 2 nitrogen and oxygen atoms in total. The summed E-state index contributed by atoms with van der Waals surface area (Å²) in [4.78, 5) is 1.44. The smallest absolute Gasteiger partial charge is 0.119 e. The van der Waals surface area contributed by atoms with Crippen molar-refractivity contribution in [3.8, 4) is 5.75 Å². The Kier molecular flexibility index (Phi) is 4.51. The second-order valence-corrected chi connectivity index (χ2v) is 6.80. The SMILES string of the molecule is COc1cccc([C@@H](C)NCC2Cc3ccccc3S2)c1. The molecule has 21 heavy (non-hydrogen) atoms. The van der Waals surface area contributed by atoms with Crippen molar-refractivity contribution in [2.24, 2.45) is 0 Å². The summed E-state index contributed by atoms with van der Waals surface area (Å²) in [6.07, 6.45) is 1.17. The molecule has 2 aromatic rings. The van der Waals surface area contributed by atoms with Gasteiger partial charge in [-0.1, -0.05) is 30.3 Å². The number of hydrogen-bond acceptors (Lipinski definition) is 3. The van der Waals surface area contributed by atoms with Crippen molar-refractivity contribution in [1.82, 2.24) is 5.32 Å². The third kappa shape index (κ3) is 3.42. The summed E-state index contributed by atoms with van der Waals surface area (Å²) in [7, 11) is 1.71. The van der Waals surface area contributed by atoms with Gasteiger partial charge in [0, 0.05) is 22.7 Å². The second-order valence-electron chi connectivity index (χ2n) is 5.46. The van der Waals surface area contributed by atoms with E-state index in [-0.39, 0.29) is 0 Å². The van der Waals surface area contributed by atoms with Crippen LogP contribution in [0.1, 0.15) is 24.1 Å². The van der Waals surface area contributed by atoms with Crippen molar-refractivity contribution in [2.45, 2.75) is 29.5 Å². The molecule has 2 aromatic carbocycles. The highest BCUT2D eigenvalue weighted by Crippen LogP contribution is 2.36. The number of ether oxygens (including phenoxy) is 1. The topological polar surface area (TPSA) is 21.3 Å². The molecule has 3 heteroatoms. The van der Waals surface area contributed by atoms with Gasteiger partial charge in [-0.2, -0.15) is 0 Å². The fraction of sp³-hybridized carbons (Fsp3) is 0.333. The summed E-state index contributed by atoms with van der Waals surface area (Å²) in [5, 5.41) is 4.29. The summed E-state index contributed by atoms with van der Waals surface area (Å²) in [5.41, 5.74) is 2.76. The normalized spacial score (nSPS) is 18.3. The molecule has 1 aliphatic rings. The maximum Gasteiger partial charge on any atom is 0.119 e. The summed E-state index contributed by atoms with van der Waals surface area (Å²) in [6.45, 7) is 3.24. The molecule has 3 rings (SSSR count). The lowest BCUT2D eigenvalue weighted by molar-refractivity contribution is 0.413. The summed E-state index contributed by atoms with van der Waals surface area (Å²) < 4.78 is 5.29. The molecule has 0 aromatic heterocycles. The zero-order valence-electron chi connectivity index (χ0n) is 12.5. The van der Waals surface area contributed by atoms with Gasteiger partial charge >= 0.3 is 0 Å². The van der Waals surface area contributed by atoms with Crippen molar-refractivity contribution in [1.29, 1.82) is 0 Å². The molecular formula is C18H21NOS. The highest BCUT2D eigenvalue weighted by Gasteiger charge is 2.22. The first-order valence-electron chi connectivity index (χ1n) is 7.38. The molecule has 1 aliphatic heterocycles. The Morgan fingerprint density at radius 1 is 1.24 bits per heavy atom. The molecule has 0 spiro atoms. The van der Waals surface area contributed by atoms with Crippen molar-refractivity contribution < 1.29 is 4.74 Å². The Bertz CT molecular complexity index is 589. The van der Waals surface area contributed by atoms with E-state index in [2.05, 4.69) is 48.6 Å². The molecular weight excluding hydrogens is 278 g/mol. The Balaban J connectivity index is 1.56. The van der Waals surface area contributed by atoms with Gasteiger partial charge in [0.05, 0.1) is 7.11 Å². The molecule has 0 radical (unpaired) electrons. The molecule has 0 fully saturated rings. The van der Waals surface area contributed by atoms with Gasteiger partial charge in [-0.25, -0.2) is 0 Å². The van der Waals surface area contributed by atoms with Crippen molar-refractivity contribution in [2.75, 3.05) is 13.7 Å². The van der Waals surface area contributed by atoms with E-state index in [9.17, 15) is 0 Å². The monoisotopic (exact) mass is 299 g/mol. The number of hydrogen-bond donors (Lipinski definition) is 1. The van der Waals surface area contributed by atoms with Gasteiger partial charge in [0.2, 0.25) is 0 Å². The zero-order chi connectivity index (χ0) is 14.7. The minimum atomic E-state index is 0.337. The highest BCUT2D eigenvalue weighted by molar-refractivity contribution is 8.00. The van der Waals surface area contributed by atoms with Crippen molar-refractivity contribution >= 4 is 11.8 Å². The van der Waals surface area contributed by atoms with Gasteiger partial charge in [0.25, 0.3) is 0 Å². The van der Waals surface area contributed by atoms with Crippen LogP contribution in [-0.4, -0.2) is 18.9 Å². The molecule has 1 heterocycles. The van der Waals surface area contributed by atoms with E-state index in [0.29, 0.717) is 11.3 Å². The fourth-order valence-corrected chi connectivity index (χ4v) is 3.97. The lowest BCUT2D eigenvalue weighted by atomic mass is 10.1. The predicted molar refractivity (Wildman–Crippen MR) is 89.2 cm³/mol. The first-order valence-corrected chi connectivity index (χ1v) is 8.26. The zero-order valence-corrected chi connectivity index (χ0v) is 13.3. The Morgan fingerprint density at radius 3 is 2.90 bits per heavy atom. The molecule has 2 atom stereocenters. The minimum absolute atomic E-state index is 0.337. The number of benzene rings is 2. The quantitative estimate of drug-likeness (QED) is 0.899. The van der Waals surface area contributed by atoms with Crippen LogP contribution in [0.5, 0.6) is 5.75 Å². The lowest BCUT2D eigenvalue weighted by Crippen LogP contribution is -2.27. The molecule has 0 saturated carbocycles. The summed E-state index contributed by atoms with van der Waals surface area (Å²) in [5.74, 6) is 0.920. The summed E-state index contributed by atoms with van der Waals surface area (Å²) in [6, 6.07) is 17.4. The van der Waals surface area contributed by atoms with E-state index in [1.807, 2.05) is 23.9 Å². The molecule has 0 amide bonds. The van der Waals surface area contributed by atoms with E-state index in [1.165, 1.54) is 22.4 Å². The van der Waals surface area contributed by atoms with Crippen molar-refractivity contribution in [3.63, 3.8) is 0 Å². The van der Waals surface area contributed by atoms with E-state index in [0.717, 1.165) is 12.3 Å². The van der Waals surface area contributed by atoms with Crippen LogP contribution in [0.3, 0.4) is 0 Å². The highest BCUT2D eigenvalue weighted by atomic mass is 32.2. The standard InChI is InChI=1S/C18H21NOS/c1-13(14-7-5-8-16(10-14)20-2)19-12-17-11-15-6-3-4-9-18(15)21-17/h3-10,13,17,19H,11-12H2,1-2H3/t13-,17?/m1/s1. The predicted octanol–water partition coefficient (Wildman–Crippen LogP) is 4.06. The Labute approximate surface area is 130 Å². The fourth-order valence-electron chi connectivity index (χ4n) is 2.70. The first kappa shape index (κ1) is 14.5. The van der Waals surface area contributed by atoms with Gasteiger partial charge < -0.3 is 10.1 Å². The van der Waals surface area contributed by atoms with Crippen LogP contribution in [0, 0.1) is 0 Å². The summed E-state index contributed by atoms with van der Waals surface area (Å²) >= 11 is 1.99. The molecule has 1 unspecified atom stereocenters. The maximum atomic E-state index is 5.29. The molecule has 1 N–H and O–H groups in total. The van der Waals surface area contributed by atoms with Crippen LogP contribution < -0.4 is 10.1 Å². The number of methoxy groups -OCH3 is 1. The van der Waals surface area contributed by atoms with Crippen molar-refractivity contribution in [3.05, 3.63) is 59.7 Å².